The van der Waals surface area contributed by atoms with Gasteiger partial charge < -0.3 is 5.11 Å². The molecule has 0 spiro atoms. The molecular weight excluding hydrogens is 174 g/mol. The third-order valence-electron chi connectivity index (χ3n) is 2.83. The molecule has 0 saturated carbocycles. The SMILES string of the molecule is CC(C)(C#N)C(C)(O)c1ccccc1. The van der Waals surface area contributed by atoms with Crippen molar-refractivity contribution in [3.63, 3.8) is 0 Å². The summed E-state index contributed by atoms with van der Waals surface area (Å²) in [6.45, 7) is 5.14. The van der Waals surface area contributed by atoms with Crippen LogP contribution in [-0.2, 0) is 5.60 Å². The quantitative estimate of drug-likeness (QED) is 0.776. The lowest BCUT2D eigenvalue weighted by Crippen LogP contribution is -2.38. The summed E-state index contributed by atoms with van der Waals surface area (Å²) in [5.74, 6) is 0. The van der Waals surface area contributed by atoms with E-state index in [0.29, 0.717) is 0 Å². The number of nitriles is 1. The van der Waals surface area contributed by atoms with Crippen LogP contribution in [0.2, 0.25) is 0 Å². The summed E-state index contributed by atoms with van der Waals surface area (Å²) in [4.78, 5) is 0. The molecule has 2 heteroatoms. The second-order valence-electron chi connectivity index (χ2n) is 4.18. The van der Waals surface area contributed by atoms with Crippen LogP contribution in [0.1, 0.15) is 26.3 Å². The van der Waals surface area contributed by atoms with Gasteiger partial charge >= 0.3 is 0 Å². The van der Waals surface area contributed by atoms with E-state index in [1.165, 1.54) is 0 Å². The molecule has 1 atom stereocenters. The molecule has 0 radical (unpaired) electrons. The molecule has 0 heterocycles. The van der Waals surface area contributed by atoms with Gasteiger partial charge in [0, 0.05) is 0 Å². The Kier molecular flexibility index (Phi) is 2.64. The Bertz CT molecular complexity index is 346. The maximum absolute atomic E-state index is 10.3. The summed E-state index contributed by atoms with van der Waals surface area (Å²) in [6.07, 6.45) is 0. The number of hydrogen-bond donors (Lipinski definition) is 1. The standard InChI is InChI=1S/C12H15NO/c1-11(2,9-13)12(3,14)10-7-5-4-6-8-10/h4-8,14H,1-3H3. The van der Waals surface area contributed by atoms with Gasteiger partial charge in [0.1, 0.15) is 5.60 Å². The molecule has 2 nitrogen and oxygen atoms in total. The van der Waals surface area contributed by atoms with Gasteiger partial charge in [-0.05, 0) is 26.3 Å². The summed E-state index contributed by atoms with van der Waals surface area (Å²) >= 11 is 0. The van der Waals surface area contributed by atoms with E-state index >= 15 is 0 Å². The Labute approximate surface area is 84.8 Å². The highest BCUT2D eigenvalue weighted by Gasteiger charge is 2.40. The number of rotatable bonds is 2. The van der Waals surface area contributed by atoms with Crippen LogP contribution in [0.15, 0.2) is 30.3 Å². The molecule has 0 aliphatic heterocycles. The Morgan fingerprint density at radius 2 is 1.64 bits per heavy atom. The summed E-state index contributed by atoms with van der Waals surface area (Å²) in [7, 11) is 0. The molecule has 0 bridgehead atoms. The molecule has 74 valence electrons. The third kappa shape index (κ3) is 1.64. The van der Waals surface area contributed by atoms with Crippen molar-refractivity contribution in [2.24, 2.45) is 5.41 Å². The second kappa shape index (κ2) is 3.43. The van der Waals surface area contributed by atoms with Crippen molar-refractivity contribution < 1.29 is 5.11 Å². The topological polar surface area (TPSA) is 44.0 Å². The van der Waals surface area contributed by atoms with Gasteiger partial charge in [-0.3, -0.25) is 0 Å². The molecule has 1 N–H and O–H groups in total. The molecule has 0 saturated heterocycles. The zero-order valence-corrected chi connectivity index (χ0v) is 8.78. The van der Waals surface area contributed by atoms with E-state index < -0.39 is 11.0 Å². The van der Waals surface area contributed by atoms with Crippen LogP contribution >= 0.6 is 0 Å². The molecule has 0 aliphatic carbocycles. The first kappa shape index (κ1) is 10.7. The molecule has 1 unspecified atom stereocenters. The van der Waals surface area contributed by atoms with Crippen LogP contribution in [0, 0.1) is 16.7 Å². The van der Waals surface area contributed by atoms with E-state index in [1.54, 1.807) is 20.8 Å². The minimum Gasteiger partial charge on any atom is -0.384 e. The van der Waals surface area contributed by atoms with E-state index in [1.807, 2.05) is 30.3 Å². The first-order chi connectivity index (χ1) is 6.42. The monoisotopic (exact) mass is 189 g/mol. The molecule has 1 aromatic rings. The van der Waals surface area contributed by atoms with Gasteiger partial charge in [0.15, 0.2) is 0 Å². The Hall–Kier alpha value is -1.33. The van der Waals surface area contributed by atoms with Crippen LogP contribution in [-0.4, -0.2) is 5.11 Å². The van der Waals surface area contributed by atoms with E-state index in [0.717, 1.165) is 5.56 Å². The minimum absolute atomic E-state index is 0.770. The van der Waals surface area contributed by atoms with Crippen LogP contribution in [0.4, 0.5) is 0 Å². The van der Waals surface area contributed by atoms with Crippen LogP contribution in [0.25, 0.3) is 0 Å². The smallest absolute Gasteiger partial charge is 0.105 e. The van der Waals surface area contributed by atoms with Gasteiger partial charge in [0.25, 0.3) is 0 Å². The number of nitrogens with zero attached hydrogens (tertiary/aromatic N) is 1. The van der Waals surface area contributed by atoms with Crippen molar-refractivity contribution in [3.8, 4) is 6.07 Å². The molecular formula is C12H15NO. The molecule has 1 aromatic carbocycles. The first-order valence-corrected chi connectivity index (χ1v) is 4.61. The predicted molar refractivity (Wildman–Crippen MR) is 55.4 cm³/mol. The van der Waals surface area contributed by atoms with Crippen molar-refractivity contribution >= 4 is 0 Å². The fourth-order valence-electron chi connectivity index (χ4n) is 1.23. The second-order valence-corrected chi connectivity index (χ2v) is 4.18. The number of aliphatic hydroxyl groups is 1. The van der Waals surface area contributed by atoms with Crippen LogP contribution in [0.5, 0.6) is 0 Å². The lowest BCUT2D eigenvalue weighted by molar-refractivity contribution is -0.0267. The van der Waals surface area contributed by atoms with Gasteiger partial charge in [0.05, 0.1) is 11.5 Å². The Balaban J connectivity index is 3.16. The van der Waals surface area contributed by atoms with E-state index in [-0.39, 0.29) is 0 Å². The first-order valence-electron chi connectivity index (χ1n) is 4.61. The highest BCUT2D eigenvalue weighted by molar-refractivity contribution is 5.26. The maximum Gasteiger partial charge on any atom is 0.105 e. The minimum atomic E-state index is -1.12. The molecule has 1 rings (SSSR count). The van der Waals surface area contributed by atoms with Gasteiger partial charge in [-0.1, -0.05) is 30.3 Å². The molecule has 0 aromatic heterocycles. The predicted octanol–water partition coefficient (Wildman–Crippen LogP) is 2.44. The van der Waals surface area contributed by atoms with Gasteiger partial charge in [-0.25, -0.2) is 0 Å². The summed E-state index contributed by atoms with van der Waals surface area (Å²) < 4.78 is 0. The van der Waals surface area contributed by atoms with Crippen molar-refractivity contribution in [3.05, 3.63) is 35.9 Å². The fourth-order valence-corrected chi connectivity index (χ4v) is 1.23. The number of hydrogen-bond acceptors (Lipinski definition) is 2. The highest BCUT2D eigenvalue weighted by atomic mass is 16.3. The van der Waals surface area contributed by atoms with Gasteiger partial charge in [-0.15, -0.1) is 0 Å². The van der Waals surface area contributed by atoms with Crippen molar-refractivity contribution in [1.82, 2.24) is 0 Å². The lowest BCUT2D eigenvalue weighted by atomic mass is 9.73. The van der Waals surface area contributed by atoms with Gasteiger partial charge in [-0.2, -0.15) is 5.26 Å². The van der Waals surface area contributed by atoms with Crippen LogP contribution in [0.3, 0.4) is 0 Å². The lowest BCUT2D eigenvalue weighted by Gasteiger charge is -2.34. The normalized spacial score (nSPS) is 15.6. The van der Waals surface area contributed by atoms with Gasteiger partial charge in [0.2, 0.25) is 0 Å². The van der Waals surface area contributed by atoms with E-state index in [4.69, 9.17) is 5.26 Å². The van der Waals surface area contributed by atoms with E-state index in [9.17, 15) is 5.11 Å². The average Bonchev–Trinajstić information content (AvgIpc) is 2.19. The average molecular weight is 189 g/mol. The third-order valence-corrected chi connectivity index (χ3v) is 2.83. The highest BCUT2D eigenvalue weighted by Crippen LogP contribution is 2.38. The molecule has 0 amide bonds. The van der Waals surface area contributed by atoms with Crippen LogP contribution < -0.4 is 0 Å². The molecule has 0 aliphatic rings. The maximum atomic E-state index is 10.3. The largest absolute Gasteiger partial charge is 0.384 e. The van der Waals surface area contributed by atoms with Crippen molar-refractivity contribution in [1.29, 1.82) is 5.26 Å². The fraction of sp³-hybridized carbons (Fsp3) is 0.417. The summed E-state index contributed by atoms with van der Waals surface area (Å²) in [5.41, 5.74) is -1.15. The van der Waals surface area contributed by atoms with Crippen molar-refractivity contribution in [2.75, 3.05) is 0 Å². The Morgan fingerprint density at radius 1 is 1.14 bits per heavy atom. The molecule has 14 heavy (non-hydrogen) atoms. The number of benzene rings is 1. The zero-order chi connectivity index (χ0) is 10.8. The zero-order valence-electron chi connectivity index (χ0n) is 8.78. The molecule has 0 fully saturated rings. The summed E-state index contributed by atoms with van der Waals surface area (Å²) in [5, 5.41) is 19.3. The summed E-state index contributed by atoms with van der Waals surface area (Å²) in [6, 6.07) is 11.4. The van der Waals surface area contributed by atoms with Crippen molar-refractivity contribution in [2.45, 2.75) is 26.4 Å². The van der Waals surface area contributed by atoms with E-state index in [2.05, 4.69) is 6.07 Å². The Morgan fingerprint density at radius 3 is 2.07 bits per heavy atom.